The molecule has 0 bridgehead atoms. The Hall–Kier alpha value is -3.10. The van der Waals surface area contributed by atoms with E-state index in [0.29, 0.717) is 13.1 Å². The molecular formula is C24H25N5O2S. The molecule has 2 aromatic heterocycles. The smallest absolute Gasteiger partial charge is 0.230 e. The molecule has 1 fully saturated rings. The Labute approximate surface area is 190 Å². The number of ether oxygens (including phenoxy) is 1. The first kappa shape index (κ1) is 20.8. The van der Waals surface area contributed by atoms with Crippen LogP contribution in [0.3, 0.4) is 0 Å². The fourth-order valence-electron chi connectivity index (χ4n) is 3.99. The summed E-state index contributed by atoms with van der Waals surface area (Å²) in [5.41, 5.74) is 3.14. The maximum atomic E-state index is 12.4. The van der Waals surface area contributed by atoms with Crippen molar-refractivity contribution < 1.29 is 9.53 Å². The number of H-pyrrole nitrogens is 1. The maximum Gasteiger partial charge on any atom is 0.230 e. The zero-order valence-electron chi connectivity index (χ0n) is 17.7. The lowest BCUT2D eigenvalue weighted by molar-refractivity contribution is -0.118. The van der Waals surface area contributed by atoms with Crippen LogP contribution in [0.25, 0.3) is 22.3 Å². The number of thioether (sulfide) groups is 1. The van der Waals surface area contributed by atoms with E-state index in [1.807, 2.05) is 54.7 Å². The van der Waals surface area contributed by atoms with Gasteiger partial charge in [0.05, 0.1) is 18.4 Å². The first-order chi connectivity index (χ1) is 15.8. The number of fused-ring (bicyclic) bond motifs is 1. The van der Waals surface area contributed by atoms with E-state index < -0.39 is 0 Å². The van der Waals surface area contributed by atoms with Gasteiger partial charge in [-0.2, -0.15) is 0 Å². The van der Waals surface area contributed by atoms with Gasteiger partial charge in [0.1, 0.15) is 0 Å². The fraction of sp³-hybridized carbons (Fsp3) is 0.292. The predicted octanol–water partition coefficient (Wildman–Crippen LogP) is 4.01. The van der Waals surface area contributed by atoms with Crippen LogP contribution in [-0.4, -0.2) is 44.1 Å². The van der Waals surface area contributed by atoms with E-state index in [1.54, 1.807) is 0 Å². The van der Waals surface area contributed by atoms with Crippen molar-refractivity contribution in [3.8, 4) is 11.4 Å². The van der Waals surface area contributed by atoms with Crippen LogP contribution in [-0.2, 0) is 22.6 Å². The summed E-state index contributed by atoms with van der Waals surface area (Å²) in [6.45, 7) is 1.98. The molecule has 1 aliphatic rings. The number of carbonyl (C=O) groups excluding carboxylic acids is 1. The third kappa shape index (κ3) is 4.56. The maximum absolute atomic E-state index is 12.4. The molecule has 8 heteroatoms. The van der Waals surface area contributed by atoms with Gasteiger partial charge in [-0.3, -0.25) is 9.36 Å². The van der Waals surface area contributed by atoms with Crippen molar-refractivity contribution in [2.45, 2.75) is 37.2 Å². The molecule has 32 heavy (non-hydrogen) atoms. The summed E-state index contributed by atoms with van der Waals surface area (Å²) in [5.74, 6) is 1.05. The molecule has 0 saturated carbocycles. The molecule has 1 amide bonds. The highest BCUT2D eigenvalue weighted by Crippen LogP contribution is 2.31. The second kappa shape index (κ2) is 9.58. The molecule has 0 aliphatic carbocycles. The molecule has 1 saturated heterocycles. The van der Waals surface area contributed by atoms with E-state index in [9.17, 15) is 4.79 Å². The van der Waals surface area contributed by atoms with Crippen LogP contribution in [0, 0.1) is 0 Å². The van der Waals surface area contributed by atoms with Gasteiger partial charge in [-0.15, -0.1) is 10.2 Å². The van der Waals surface area contributed by atoms with Crippen LogP contribution in [0.5, 0.6) is 0 Å². The number of hydrogen-bond acceptors (Lipinski definition) is 5. The summed E-state index contributed by atoms with van der Waals surface area (Å²) >= 11 is 1.41. The number of para-hydroxylation sites is 1. The standard InChI is InChI=1S/C24H25N5O2S/c30-22(26-13-17-7-2-1-3-8-17)16-32-24-28-27-23(29(24)15-18-9-6-12-31-18)20-14-25-21-11-5-4-10-19(20)21/h1-5,7-8,10-11,14,18,25H,6,9,12-13,15-16H2,(H,26,30). The topological polar surface area (TPSA) is 84.8 Å². The summed E-state index contributed by atoms with van der Waals surface area (Å²) in [4.78, 5) is 15.8. The summed E-state index contributed by atoms with van der Waals surface area (Å²) < 4.78 is 7.98. The lowest BCUT2D eigenvalue weighted by Crippen LogP contribution is -2.25. The molecule has 5 rings (SSSR count). The molecular weight excluding hydrogens is 422 g/mol. The molecule has 4 aromatic rings. The number of benzene rings is 2. The highest BCUT2D eigenvalue weighted by Gasteiger charge is 2.23. The highest BCUT2D eigenvalue weighted by atomic mass is 32.2. The van der Waals surface area contributed by atoms with Gasteiger partial charge < -0.3 is 15.0 Å². The number of nitrogens with zero attached hydrogens (tertiary/aromatic N) is 3. The fourth-order valence-corrected chi connectivity index (χ4v) is 4.76. The lowest BCUT2D eigenvalue weighted by Gasteiger charge is -2.14. The number of hydrogen-bond donors (Lipinski definition) is 2. The van der Waals surface area contributed by atoms with Crippen LogP contribution < -0.4 is 5.32 Å². The van der Waals surface area contributed by atoms with Gasteiger partial charge in [-0.1, -0.05) is 60.3 Å². The largest absolute Gasteiger partial charge is 0.376 e. The minimum atomic E-state index is -0.0286. The van der Waals surface area contributed by atoms with E-state index in [-0.39, 0.29) is 17.8 Å². The first-order valence-electron chi connectivity index (χ1n) is 10.8. The number of aromatic nitrogens is 4. The van der Waals surface area contributed by atoms with E-state index in [1.165, 1.54) is 11.8 Å². The molecule has 164 valence electrons. The molecule has 1 aliphatic heterocycles. The lowest BCUT2D eigenvalue weighted by atomic mass is 10.1. The molecule has 1 unspecified atom stereocenters. The summed E-state index contributed by atoms with van der Waals surface area (Å²) in [6.07, 6.45) is 4.20. The van der Waals surface area contributed by atoms with E-state index in [0.717, 1.165) is 52.5 Å². The third-order valence-electron chi connectivity index (χ3n) is 5.62. The van der Waals surface area contributed by atoms with Crippen molar-refractivity contribution in [3.05, 3.63) is 66.4 Å². The SMILES string of the molecule is O=C(CSc1nnc(-c2c[nH]c3ccccc23)n1CC1CCCO1)NCc1ccccc1. The number of carbonyl (C=O) groups is 1. The van der Waals surface area contributed by atoms with Crippen LogP contribution in [0.4, 0.5) is 0 Å². The normalized spacial score (nSPS) is 15.9. The van der Waals surface area contributed by atoms with E-state index >= 15 is 0 Å². The number of nitrogens with one attached hydrogen (secondary N) is 2. The van der Waals surface area contributed by atoms with Crippen molar-refractivity contribution in [3.63, 3.8) is 0 Å². The minimum absolute atomic E-state index is 0.0286. The quantitative estimate of drug-likeness (QED) is 0.399. The van der Waals surface area contributed by atoms with E-state index in [2.05, 4.69) is 31.1 Å². The first-order valence-corrected chi connectivity index (χ1v) is 11.8. The zero-order valence-corrected chi connectivity index (χ0v) is 18.5. The Bertz CT molecular complexity index is 1200. The predicted molar refractivity (Wildman–Crippen MR) is 125 cm³/mol. The molecule has 7 nitrogen and oxygen atoms in total. The summed E-state index contributed by atoms with van der Waals surface area (Å²) in [7, 11) is 0. The van der Waals surface area contributed by atoms with Crippen molar-refractivity contribution in [1.82, 2.24) is 25.1 Å². The number of amides is 1. The van der Waals surface area contributed by atoms with Crippen LogP contribution in [0.1, 0.15) is 18.4 Å². The van der Waals surface area contributed by atoms with Gasteiger partial charge in [0.25, 0.3) is 0 Å². The van der Waals surface area contributed by atoms with Crippen molar-refractivity contribution >= 4 is 28.6 Å². The Kier molecular flexibility index (Phi) is 6.22. The zero-order chi connectivity index (χ0) is 21.8. The second-order valence-corrected chi connectivity index (χ2v) is 8.79. The Morgan fingerprint density at radius 3 is 2.84 bits per heavy atom. The number of aromatic amines is 1. The highest BCUT2D eigenvalue weighted by molar-refractivity contribution is 7.99. The molecule has 2 aromatic carbocycles. The molecule has 2 N–H and O–H groups in total. The monoisotopic (exact) mass is 447 g/mol. The Morgan fingerprint density at radius 1 is 1.16 bits per heavy atom. The molecule has 0 spiro atoms. The van der Waals surface area contributed by atoms with Crippen molar-refractivity contribution in [2.75, 3.05) is 12.4 Å². The molecule has 3 heterocycles. The van der Waals surface area contributed by atoms with Crippen LogP contribution in [0.2, 0.25) is 0 Å². The molecule has 1 atom stereocenters. The van der Waals surface area contributed by atoms with Gasteiger partial charge >= 0.3 is 0 Å². The summed E-state index contributed by atoms with van der Waals surface area (Å²) in [6, 6.07) is 18.1. The van der Waals surface area contributed by atoms with Gasteiger partial charge in [0.15, 0.2) is 11.0 Å². The van der Waals surface area contributed by atoms with Gasteiger partial charge in [0.2, 0.25) is 5.91 Å². The van der Waals surface area contributed by atoms with E-state index in [4.69, 9.17) is 4.74 Å². The minimum Gasteiger partial charge on any atom is -0.376 e. The van der Waals surface area contributed by atoms with Gasteiger partial charge in [-0.25, -0.2) is 0 Å². The summed E-state index contributed by atoms with van der Waals surface area (Å²) in [5, 5.41) is 13.8. The average molecular weight is 448 g/mol. The van der Waals surface area contributed by atoms with Gasteiger partial charge in [-0.05, 0) is 24.5 Å². The van der Waals surface area contributed by atoms with Crippen molar-refractivity contribution in [2.24, 2.45) is 0 Å². The molecule has 0 radical (unpaired) electrons. The third-order valence-corrected chi connectivity index (χ3v) is 6.59. The number of rotatable bonds is 8. The van der Waals surface area contributed by atoms with Crippen LogP contribution in [0.15, 0.2) is 66.0 Å². The Morgan fingerprint density at radius 2 is 2.00 bits per heavy atom. The van der Waals surface area contributed by atoms with Crippen molar-refractivity contribution in [1.29, 1.82) is 0 Å². The Balaban J connectivity index is 1.34. The van der Waals surface area contributed by atoms with Gasteiger partial charge in [0, 0.05) is 35.8 Å². The average Bonchev–Trinajstić information content (AvgIpc) is 3.58. The second-order valence-electron chi connectivity index (χ2n) is 7.85. The van der Waals surface area contributed by atoms with Crippen LogP contribution >= 0.6 is 11.8 Å².